The molecule has 0 saturated heterocycles. The molecular weight excluding hydrogens is 196 g/mol. The molecule has 1 fully saturated rings. The number of carboxylic acid groups (broad SMARTS) is 1. The van der Waals surface area contributed by atoms with E-state index in [-0.39, 0.29) is 11.7 Å². The van der Waals surface area contributed by atoms with Gasteiger partial charge in [0.05, 0.1) is 0 Å². The van der Waals surface area contributed by atoms with Crippen molar-refractivity contribution in [2.45, 2.75) is 38.5 Å². The van der Waals surface area contributed by atoms with Crippen molar-refractivity contribution in [2.24, 2.45) is 5.92 Å². The minimum Gasteiger partial charge on any atom is -0.475 e. The summed E-state index contributed by atoms with van der Waals surface area (Å²) >= 11 is 0. The van der Waals surface area contributed by atoms with Crippen LogP contribution < -0.4 is 0 Å². The average Bonchev–Trinajstić information content (AvgIpc) is 2.67. The van der Waals surface area contributed by atoms with Gasteiger partial charge in [0.1, 0.15) is 0 Å². The van der Waals surface area contributed by atoms with Gasteiger partial charge >= 0.3 is 5.97 Å². The van der Waals surface area contributed by atoms with Gasteiger partial charge in [-0.05, 0) is 23.9 Å². The Kier molecular flexibility index (Phi) is 2.70. The van der Waals surface area contributed by atoms with E-state index in [0.29, 0.717) is 11.8 Å². The highest BCUT2D eigenvalue weighted by Crippen LogP contribution is 2.36. The predicted molar refractivity (Wildman–Crippen MR) is 51.6 cm³/mol. The zero-order valence-electron chi connectivity index (χ0n) is 8.64. The molecule has 2 unspecified atom stereocenters. The minimum atomic E-state index is -1.13. The van der Waals surface area contributed by atoms with Gasteiger partial charge in [-0.2, -0.15) is 4.98 Å². The zero-order valence-corrected chi connectivity index (χ0v) is 8.64. The third-order valence-electron chi connectivity index (χ3n) is 3.06. The van der Waals surface area contributed by atoms with Crippen LogP contribution in [0.2, 0.25) is 0 Å². The van der Waals surface area contributed by atoms with Crippen LogP contribution >= 0.6 is 0 Å². The fourth-order valence-electron chi connectivity index (χ4n) is 2.16. The predicted octanol–water partition coefficient (Wildman–Crippen LogP) is 2.06. The summed E-state index contributed by atoms with van der Waals surface area (Å²) in [5, 5.41) is 12.1. The van der Waals surface area contributed by atoms with Crippen molar-refractivity contribution in [2.75, 3.05) is 0 Å². The maximum Gasteiger partial charge on any atom is 0.377 e. The van der Waals surface area contributed by atoms with E-state index in [1.54, 1.807) is 0 Å². The summed E-state index contributed by atoms with van der Waals surface area (Å²) in [7, 11) is 0. The Morgan fingerprint density at radius 3 is 2.80 bits per heavy atom. The van der Waals surface area contributed by atoms with E-state index in [0.717, 1.165) is 19.3 Å². The molecule has 1 heterocycles. The van der Waals surface area contributed by atoms with Gasteiger partial charge < -0.3 is 9.63 Å². The molecule has 0 amide bonds. The monoisotopic (exact) mass is 210 g/mol. The van der Waals surface area contributed by atoms with Crippen LogP contribution in [-0.4, -0.2) is 21.2 Å². The quantitative estimate of drug-likeness (QED) is 0.808. The summed E-state index contributed by atoms with van der Waals surface area (Å²) in [5.41, 5.74) is 0. The Bertz CT molecular complexity index is 361. The number of aromatic nitrogens is 2. The van der Waals surface area contributed by atoms with Crippen molar-refractivity contribution in [3.63, 3.8) is 0 Å². The van der Waals surface area contributed by atoms with Crippen LogP contribution in [0.4, 0.5) is 0 Å². The minimum absolute atomic E-state index is 0.234. The summed E-state index contributed by atoms with van der Waals surface area (Å²) in [5.74, 6) is -0.143. The van der Waals surface area contributed by atoms with Gasteiger partial charge in [-0.1, -0.05) is 19.8 Å². The van der Waals surface area contributed by atoms with Gasteiger partial charge in [-0.25, -0.2) is 4.79 Å². The van der Waals surface area contributed by atoms with E-state index in [1.807, 2.05) is 0 Å². The van der Waals surface area contributed by atoms with E-state index in [1.165, 1.54) is 6.42 Å². The third-order valence-corrected chi connectivity index (χ3v) is 3.06. The third kappa shape index (κ3) is 2.00. The highest BCUT2D eigenvalue weighted by atomic mass is 16.5. The van der Waals surface area contributed by atoms with E-state index < -0.39 is 5.97 Å². The number of carboxylic acids is 1. The lowest BCUT2D eigenvalue weighted by Gasteiger charge is -2.25. The largest absolute Gasteiger partial charge is 0.475 e. The second-order valence-corrected chi connectivity index (χ2v) is 4.13. The maximum absolute atomic E-state index is 10.6. The molecule has 5 nitrogen and oxygen atoms in total. The van der Waals surface area contributed by atoms with Crippen molar-refractivity contribution in [1.29, 1.82) is 0 Å². The molecule has 0 radical (unpaired) electrons. The first-order valence-electron chi connectivity index (χ1n) is 5.25. The molecule has 0 aliphatic heterocycles. The Morgan fingerprint density at radius 1 is 1.47 bits per heavy atom. The summed E-state index contributed by atoms with van der Waals surface area (Å²) in [6.45, 7) is 2.15. The van der Waals surface area contributed by atoms with Crippen LogP contribution in [0.15, 0.2) is 4.52 Å². The number of aromatic carboxylic acids is 1. The van der Waals surface area contributed by atoms with Crippen molar-refractivity contribution in [3.05, 3.63) is 11.7 Å². The Balaban J connectivity index is 2.17. The maximum atomic E-state index is 10.6. The fourth-order valence-corrected chi connectivity index (χ4v) is 2.16. The van der Waals surface area contributed by atoms with Gasteiger partial charge in [-0.3, -0.25) is 0 Å². The summed E-state index contributed by atoms with van der Waals surface area (Å²) < 4.78 is 4.99. The second-order valence-electron chi connectivity index (χ2n) is 4.13. The van der Waals surface area contributed by atoms with Crippen LogP contribution in [0, 0.1) is 5.92 Å². The summed E-state index contributed by atoms with van der Waals surface area (Å²) in [4.78, 5) is 14.5. The average molecular weight is 210 g/mol. The lowest BCUT2D eigenvalue weighted by atomic mass is 9.80. The molecular formula is C10H14N2O3. The molecule has 1 N–H and O–H groups in total. The topological polar surface area (TPSA) is 76.2 Å². The SMILES string of the molecule is CC1CCCCC1c1nc(C(=O)O)no1. The van der Waals surface area contributed by atoms with E-state index in [9.17, 15) is 4.79 Å². The van der Waals surface area contributed by atoms with Gasteiger partial charge in [0.15, 0.2) is 0 Å². The van der Waals surface area contributed by atoms with E-state index in [4.69, 9.17) is 9.63 Å². The van der Waals surface area contributed by atoms with Gasteiger partial charge in [0.2, 0.25) is 5.89 Å². The molecule has 1 aromatic rings. The smallest absolute Gasteiger partial charge is 0.377 e. The molecule has 1 aliphatic carbocycles. The Hall–Kier alpha value is -1.39. The highest BCUT2D eigenvalue weighted by molar-refractivity contribution is 5.82. The van der Waals surface area contributed by atoms with Crippen LogP contribution in [0.1, 0.15) is 55.0 Å². The van der Waals surface area contributed by atoms with Gasteiger partial charge in [0, 0.05) is 5.92 Å². The first kappa shape index (κ1) is 10.1. The van der Waals surface area contributed by atoms with Crippen molar-refractivity contribution in [3.8, 4) is 0 Å². The van der Waals surface area contributed by atoms with Crippen molar-refractivity contribution < 1.29 is 14.4 Å². The van der Waals surface area contributed by atoms with Crippen molar-refractivity contribution >= 4 is 5.97 Å². The fraction of sp³-hybridized carbons (Fsp3) is 0.700. The molecule has 1 saturated carbocycles. The Labute approximate surface area is 87.5 Å². The number of carbonyl (C=O) groups is 1. The summed E-state index contributed by atoms with van der Waals surface area (Å²) in [6, 6.07) is 0. The molecule has 2 atom stereocenters. The number of hydrogen-bond acceptors (Lipinski definition) is 4. The van der Waals surface area contributed by atoms with Crippen LogP contribution in [-0.2, 0) is 0 Å². The number of nitrogens with zero attached hydrogens (tertiary/aromatic N) is 2. The highest BCUT2D eigenvalue weighted by Gasteiger charge is 2.28. The molecule has 1 aromatic heterocycles. The van der Waals surface area contributed by atoms with Gasteiger partial charge in [0.25, 0.3) is 5.82 Å². The van der Waals surface area contributed by atoms with Crippen LogP contribution in [0.3, 0.4) is 0 Å². The van der Waals surface area contributed by atoms with Crippen molar-refractivity contribution in [1.82, 2.24) is 10.1 Å². The molecule has 0 bridgehead atoms. The first-order chi connectivity index (χ1) is 7.18. The lowest BCUT2D eigenvalue weighted by Crippen LogP contribution is -2.15. The number of rotatable bonds is 2. The second kappa shape index (κ2) is 4.00. The van der Waals surface area contributed by atoms with Gasteiger partial charge in [-0.15, -0.1) is 0 Å². The molecule has 0 spiro atoms. The summed E-state index contributed by atoms with van der Waals surface area (Å²) in [6.07, 6.45) is 4.55. The first-order valence-corrected chi connectivity index (χ1v) is 5.25. The Morgan fingerprint density at radius 2 is 2.20 bits per heavy atom. The molecule has 5 heteroatoms. The van der Waals surface area contributed by atoms with Crippen LogP contribution in [0.5, 0.6) is 0 Å². The standard InChI is InChI=1S/C10H14N2O3/c1-6-4-2-3-5-7(6)9-11-8(10(13)14)12-15-9/h6-7H,2-5H2,1H3,(H,13,14). The molecule has 15 heavy (non-hydrogen) atoms. The zero-order chi connectivity index (χ0) is 10.8. The lowest BCUT2D eigenvalue weighted by molar-refractivity contribution is 0.0680. The van der Waals surface area contributed by atoms with E-state index in [2.05, 4.69) is 17.1 Å². The van der Waals surface area contributed by atoms with Crippen LogP contribution in [0.25, 0.3) is 0 Å². The molecule has 0 aromatic carbocycles. The molecule has 1 aliphatic rings. The van der Waals surface area contributed by atoms with E-state index >= 15 is 0 Å². The number of hydrogen-bond donors (Lipinski definition) is 1. The molecule has 2 rings (SSSR count). The molecule has 82 valence electrons. The normalized spacial score (nSPS) is 26.5.